The Morgan fingerprint density at radius 3 is 2.65 bits per heavy atom. The molecule has 6 nitrogen and oxygen atoms in total. The Morgan fingerprint density at radius 1 is 1.10 bits per heavy atom. The molecule has 1 aliphatic rings. The molecule has 0 fully saturated rings. The van der Waals surface area contributed by atoms with Crippen molar-refractivity contribution in [2.45, 2.75) is 39.5 Å². The van der Waals surface area contributed by atoms with E-state index in [1.54, 1.807) is 0 Å². The second-order valence-corrected chi connectivity index (χ2v) is 8.80. The Morgan fingerprint density at radius 2 is 1.87 bits per heavy atom. The summed E-state index contributed by atoms with van der Waals surface area (Å²) in [7, 11) is 0. The lowest BCUT2D eigenvalue weighted by Crippen LogP contribution is -2.28. The highest BCUT2D eigenvalue weighted by atomic mass is 79.9. The Balaban J connectivity index is 1.40. The van der Waals surface area contributed by atoms with E-state index in [1.165, 1.54) is 5.56 Å². The van der Waals surface area contributed by atoms with Crippen LogP contribution in [0.4, 0.5) is 5.69 Å². The number of nitrogens with zero attached hydrogens (tertiary/aromatic N) is 2. The Kier molecular flexibility index (Phi) is 6.23. The van der Waals surface area contributed by atoms with Crippen molar-refractivity contribution in [2.75, 3.05) is 11.9 Å². The van der Waals surface area contributed by atoms with Gasteiger partial charge < -0.3 is 10.6 Å². The van der Waals surface area contributed by atoms with Gasteiger partial charge in [0.15, 0.2) is 5.69 Å². The zero-order chi connectivity index (χ0) is 22.0. The number of hydrogen-bond acceptors (Lipinski definition) is 3. The van der Waals surface area contributed by atoms with Crippen molar-refractivity contribution in [3.8, 4) is 5.69 Å². The summed E-state index contributed by atoms with van der Waals surface area (Å²) in [5.41, 5.74) is 6.49. The van der Waals surface area contributed by atoms with Crippen LogP contribution < -0.4 is 10.6 Å². The predicted molar refractivity (Wildman–Crippen MR) is 125 cm³/mol. The number of anilines is 1. The molecule has 160 valence electrons. The van der Waals surface area contributed by atoms with Gasteiger partial charge in [0.2, 0.25) is 5.91 Å². The smallest absolute Gasteiger partial charge is 0.272 e. The van der Waals surface area contributed by atoms with E-state index >= 15 is 0 Å². The first kappa shape index (κ1) is 21.3. The van der Waals surface area contributed by atoms with E-state index in [9.17, 15) is 9.59 Å². The number of fused-ring (bicyclic) bond motifs is 1. The van der Waals surface area contributed by atoms with E-state index in [-0.39, 0.29) is 24.8 Å². The molecule has 0 spiro atoms. The van der Waals surface area contributed by atoms with Crippen LogP contribution in [-0.2, 0) is 17.6 Å². The van der Waals surface area contributed by atoms with E-state index in [4.69, 9.17) is 0 Å². The van der Waals surface area contributed by atoms with Gasteiger partial charge in [0.25, 0.3) is 5.91 Å². The van der Waals surface area contributed by atoms with Gasteiger partial charge >= 0.3 is 0 Å². The van der Waals surface area contributed by atoms with Crippen molar-refractivity contribution in [3.05, 3.63) is 75.0 Å². The van der Waals surface area contributed by atoms with Gasteiger partial charge in [0, 0.05) is 34.4 Å². The van der Waals surface area contributed by atoms with Crippen LogP contribution in [0.5, 0.6) is 0 Å². The summed E-state index contributed by atoms with van der Waals surface area (Å²) in [5, 5.41) is 10.4. The van der Waals surface area contributed by atoms with Crippen LogP contribution in [0.15, 0.2) is 46.9 Å². The second-order valence-electron chi connectivity index (χ2n) is 7.89. The zero-order valence-electron chi connectivity index (χ0n) is 17.7. The number of aryl methyl sites for hydroxylation is 2. The monoisotopic (exact) mass is 480 g/mol. The number of carbonyl (C=O) groups is 2. The fourth-order valence-electron chi connectivity index (χ4n) is 3.83. The SMILES string of the molecule is Cc1ccc(-n2nc(C(=O)NCCC(=O)Nc3cc(Br)ccc3C)c3c2CCC3)cc1. The molecule has 31 heavy (non-hydrogen) atoms. The fraction of sp³-hybridized carbons (Fsp3) is 0.292. The second kappa shape index (κ2) is 9.06. The summed E-state index contributed by atoms with van der Waals surface area (Å²) in [6.07, 6.45) is 2.98. The molecule has 0 atom stereocenters. The van der Waals surface area contributed by atoms with Crippen LogP contribution in [0.2, 0.25) is 0 Å². The highest BCUT2D eigenvalue weighted by molar-refractivity contribution is 9.10. The standard InChI is InChI=1S/C24H25BrN4O2/c1-15-6-10-18(11-7-15)29-21-5-3-4-19(21)23(28-29)24(31)26-13-12-22(30)27-20-14-17(25)9-8-16(20)2/h6-11,14H,3-5,12-13H2,1-2H3,(H,26,31)(H,27,30). The first-order chi connectivity index (χ1) is 14.9. The van der Waals surface area contributed by atoms with Gasteiger partial charge in [0.05, 0.1) is 5.69 Å². The molecule has 1 aromatic heterocycles. The summed E-state index contributed by atoms with van der Waals surface area (Å²) in [6.45, 7) is 4.24. The summed E-state index contributed by atoms with van der Waals surface area (Å²) in [6, 6.07) is 13.9. The van der Waals surface area contributed by atoms with Crippen molar-refractivity contribution in [1.29, 1.82) is 0 Å². The highest BCUT2D eigenvalue weighted by Crippen LogP contribution is 2.28. The molecule has 0 aliphatic heterocycles. The van der Waals surface area contributed by atoms with Crippen LogP contribution in [0.1, 0.15) is 45.7 Å². The van der Waals surface area contributed by atoms with E-state index in [1.807, 2.05) is 61.0 Å². The maximum atomic E-state index is 12.8. The van der Waals surface area contributed by atoms with Crippen LogP contribution in [-0.4, -0.2) is 28.1 Å². The van der Waals surface area contributed by atoms with Gasteiger partial charge in [-0.2, -0.15) is 5.10 Å². The minimum atomic E-state index is -0.226. The van der Waals surface area contributed by atoms with Crippen LogP contribution in [0.3, 0.4) is 0 Å². The number of benzene rings is 2. The molecule has 2 amide bonds. The van der Waals surface area contributed by atoms with Crippen molar-refractivity contribution < 1.29 is 9.59 Å². The van der Waals surface area contributed by atoms with Crippen LogP contribution in [0, 0.1) is 13.8 Å². The molecule has 0 unspecified atom stereocenters. The topological polar surface area (TPSA) is 76.0 Å². The summed E-state index contributed by atoms with van der Waals surface area (Å²) >= 11 is 3.41. The zero-order valence-corrected chi connectivity index (χ0v) is 19.3. The highest BCUT2D eigenvalue weighted by Gasteiger charge is 2.26. The third-order valence-electron chi connectivity index (χ3n) is 5.54. The first-order valence-electron chi connectivity index (χ1n) is 10.4. The number of carbonyl (C=O) groups excluding carboxylic acids is 2. The van der Waals surface area contributed by atoms with E-state index < -0.39 is 0 Å². The normalized spacial score (nSPS) is 12.5. The average Bonchev–Trinajstić information content (AvgIpc) is 3.34. The summed E-state index contributed by atoms with van der Waals surface area (Å²) in [4.78, 5) is 25.1. The minimum Gasteiger partial charge on any atom is -0.350 e. The molecule has 2 aromatic carbocycles. The van der Waals surface area contributed by atoms with Gasteiger partial charge in [-0.05, 0) is 62.9 Å². The molecule has 3 aromatic rings. The molecular weight excluding hydrogens is 456 g/mol. The van der Waals surface area contributed by atoms with E-state index in [0.717, 1.165) is 51.9 Å². The molecule has 0 saturated heterocycles. The van der Waals surface area contributed by atoms with Crippen LogP contribution >= 0.6 is 15.9 Å². The van der Waals surface area contributed by atoms with E-state index in [0.29, 0.717) is 5.69 Å². The van der Waals surface area contributed by atoms with Crippen molar-refractivity contribution in [1.82, 2.24) is 15.1 Å². The fourth-order valence-corrected chi connectivity index (χ4v) is 4.20. The predicted octanol–water partition coefficient (Wildman–Crippen LogP) is 4.50. The lowest BCUT2D eigenvalue weighted by molar-refractivity contribution is -0.116. The molecule has 0 radical (unpaired) electrons. The molecule has 0 saturated carbocycles. The summed E-state index contributed by atoms with van der Waals surface area (Å²) in [5.74, 6) is -0.368. The number of hydrogen-bond donors (Lipinski definition) is 2. The number of aromatic nitrogens is 2. The molecule has 1 aliphatic carbocycles. The number of rotatable bonds is 6. The molecule has 2 N–H and O–H groups in total. The largest absolute Gasteiger partial charge is 0.350 e. The third-order valence-corrected chi connectivity index (χ3v) is 6.03. The quantitative estimate of drug-likeness (QED) is 0.545. The minimum absolute atomic E-state index is 0.142. The third kappa shape index (κ3) is 4.71. The lowest BCUT2D eigenvalue weighted by atomic mass is 10.2. The van der Waals surface area contributed by atoms with Crippen molar-refractivity contribution in [2.24, 2.45) is 0 Å². The number of amides is 2. The van der Waals surface area contributed by atoms with Crippen LogP contribution in [0.25, 0.3) is 5.69 Å². The molecule has 7 heteroatoms. The summed E-state index contributed by atoms with van der Waals surface area (Å²) < 4.78 is 2.79. The van der Waals surface area contributed by atoms with Crippen molar-refractivity contribution >= 4 is 33.4 Å². The lowest BCUT2D eigenvalue weighted by Gasteiger charge is -2.09. The maximum Gasteiger partial charge on any atom is 0.272 e. The Hall–Kier alpha value is -2.93. The Bertz CT molecular complexity index is 1140. The number of nitrogens with one attached hydrogen (secondary N) is 2. The van der Waals surface area contributed by atoms with Gasteiger partial charge in [-0.15, -0.1) is 0 Å². The van der Waals surface area contributed by atoms with Gasteiger partial charge in [-0.3, -0.25) is 9.59 Å². The molecule has 4 rings (SSSR count). The molecule has 1 heterocycles. The van der Waals surface area contributed by atoms with Crippen molar-refractivity contribution in [3.63, 3.8) is 0 Å². The average molecular weight is 481 g/mol. The van der Waals surface area contributed by atoms with Gasteiger partial charge in [-0.1, -0.05) is 39.7 Å². The van der Waals surface area contributed by atoms with Gasteiger partial charge in [-0.25, -0.2) is 4.68 Å². The Labute approximate surface area is 190 Å². The maximum absolute atomic E-state index is 12.8. The molecule has 0 bridgehead atoms. The van der Waals surface area contributed by atoms with Gasteiger partial charge in [0.1, 0.15) is 0 Å². The van der Waals surface area contributed by atoms with E-state index in [2.05, 4.69) is 31.7 Å². The first-order valence-corrected chi connectivity index (χ1v) is 11.2. The molecular formula is C24H25BrN4O2. The number of halogens is 1.